The first kappa shape index (κ1) is 16.8. The Morgan fingerprint density at radius 1 is 1.11 bits per heavy atom. The number of aromatic nitrogens is 5. The summed E-state index contributed by atoms with van der Waals surface area (Å²) in [4.78, 5) is 7.98. The highest BCUT2D eigenvalue weighted by Gasteiger charge is 2.18. The fourth-order valence-electron chi connectivity index (χ4n) is 2.60. The first-order valence-corrected chi connectivity index (χ1v) is 7.94. The molecule has 0 fully saturated rings. The molecule has 3 aromatic heterocycles. The highest BCUT2D eigenvalue weighted by Crippen LogP contribution is 2.26. The molecule has 0 bridgehead atoms. The summed E-state index contributed by atoms with van der Waals surface area (Å²) in [7, 11) is 1.31. The van der Waals surface area contributed by atoms with Crippen molar-refractivity contribution in [1.29, 1.82) is 0 Å². The average Bonchev–Trinajstić information content (AvgIpc) is 3.34. The predicted octanol–water partition coefficient (Wildman–Crippen LogP) is 3.33. The van der Waals surface area contributed by atoms with Crippen molar-refractivity contribution in [1.82, 2.24) is 24.9 Å². The molecular weight excluding hydrogens is 356 g/mol. The van der Waals surface area contributed by atoms with Gasteiger partial charge in [-0.1, -0.05) is 23.4 Å². The van der Waals surface area contributed by atoms with E-state index >= 15 is 0 Å². The zero-order valence-corrected chi connectivity index (χ0v) is 14.1. The lowest BCUT2D eigenvalue weighted by atomic mass is 10.2. The van der Waals surface area contributed by atoms with Gasteiger partial charge in [0.05, 0.1) is 25.5 Å². The minimum Gasteiger partial charge on any atom is -0.479 e. The largest absolute Gasteiger partial charge is 0.479 e. The molecule has 0 amide bonds. The minimum absolute atomic E-state index is 0.160. The molecule has 0 N–H and O–H groups in total. The molecule has 0 saturated carbocycles. The summed E-state index contributed by atoms with van der Waals surface area (Å²) in [5, 5.41) is 8.35. The second-order valence-electron chi connectivity index (χ2n) is 5.60. The van der Waals surface area contributed by atoms with Gasteiger partial charge in [0.1, 0.15) is 23.5 Å². The molecule has 1 aromatic carbocycles. The van der Waals surface area contributed by atoms with Crippen LogP contribution in [-0.2, 0) is 6.54 Å². The summed E-state index contributed by atoms with van der Waals surface area (Å²) >= 11 is 0. The Kier molecular flexibility index (Phi) is 4.33. The summed E-state index contributed by atoms with van der Waals surface area (Å²) in [5.41, 5.74) is 1.91. The van der Waals surface area contributed by atoms with Crippen molar-refractivity contribution < 1.29 is 18.0 Å². The lowest BCUT2D eigenvalue weighted by Gasteiger charge is -2.06. The standard InChI is InChI=1S/C18H13F2N5O2/c1-26-18-13(20)9-21-17(22-18)15-8-16(14-6-7-27-24-14)25(23-15)10-11-4-2-3-5-12(11)19/h2-9H,10H2,1H3. The van der Waals surface area contributed by atoms with Gasteiger partial charge in [0.15, 0.2) is 5.82 Å². The molecule has 0 unspecified atom stereocenters. The Hall–Kier alpha value is -3.62. The number of benzene rings is 1. The van der Waals surface area contributed by atoms with Gasteiger partial charge in [0, 0.05) is 11.6 Å². The highest BCUT2D eigenvalue weighted by atomic mass is 19.1. The van der Waals surface area contributed by atoms with Gasteiger partial charge in [-0.15, -0.1) is 0 Å². The van der Waals surface area contributed by atoms with Gasteiger partial charge < -0.3 is 9.26 Å². The van der Waals surface area contributed by atoms with Crippen LogP contribution < -0.4 is 4.74 Å². The normalized spacial score (nSPS) is 10.9. The van der Waals surface area contributed by atoms with Gasteiger partial charge in [0.25, 0.3) is 5.88 Å². The van der Waals surface area contributed by atoms with E-state index in [9.17, 15) is 8.78 Å². The molecule has 0 saturated heterocycles. The van der Waals surface area contributed by atoms with Gasteiger partial charge in [-0.2, -0.15) is 14.5 Å². The van der Waals surface area contributed by atoms with Crippen molar-refractivity contribution in [2.45, 2.75) is 6.54 Å². The van der Waals surface area contributed by atoms with E-state index in [0.29, 0.717) is 22.6 Å². The van der Waals surface area contributed by atoms with Gasteiger partial charge in [-0.3, -0.25) is 4.68 Å². The third kappa shape index (κ3) is 3.26. The molecule has 0 aliphatic carbocycles. The van der Waals surface area contributed by atoms with Crippen LogP contribution in [0.1, 0.15) is 5.56 Å². The highest BCUT2D eigenvalue weighted by molar-refractivity contribution is 5.62. The number of ether oxygens (including phenoxy) is 1. The lowest BCUT2D eigenvalue weighted by molar-refractivity contribution is 0.367. The Balaban J connectivity index is 1.80. The Morgan fingerprint density at radius 3 is 2.70 bits per heavy atom. The molecule has 0 aliphatic rings. The van der Waals surface area contributed by atoms with Crippen LogP contribution in [0.25, 0.3) is 22.9 Å². The number of nitrogens with zero attached hydrogens (tertiary/aromatic N) is 5. The Bertz CT molecular complexity index is 1080. The maximum Gasteiger partial charge on any atom is 0.253 e. The Morgan fingerprint density at radius 2 is 1.96 bits per heavy atom. The third-order valence-corrected chi connectivity index (χ3v) is 3.89. The maximum atomic E-state index is 14.1. The fraction of sp³-hybridized carbons (Fsp3) is 0.111. The molecule has 0 spiro atoms. The average molecular weight is 369 g/mol. The molecule has 7 nitrogen and oxygen atoms in total. The Labute approximate surface area is 152 Å². The van der Waals surface area contributed by atoms with Crippen molar-refractivity contribution >= 4 is 0 Å². The second kappa shape index (κ2) is 6.94. The lowest BCUT2D eigenvalue weighted by Crippen LogP contribution is -2.06. The van der Waals surface area contributed by atoms with Gasteiger partial charge in [-0.25, -0.2) is 9.37 Å². The predicted molar refractivity (Wildman–Crippen MR) is 90.8 cm³/mol. The van der Waals surface area contributed by atoms with Crippen LogP contribution >= 0.6 is 0 Å². The number of rotatable bonds is 5. The number of halogens is 2. The third-order valence-electron chi connectivity index (χ3n) is 3.89. The second-order valence-corrected chi connectivity index (χ2v) is 5.60. The van der Waals surface area contributed by atoms with E-state index in [1.54, 1.807) is 35.0 Å². The first-order chi connectivity index (χ1) is 13.2. The molecule has 3 heterocycles. The quantitative estimate of drug-likeness (QED) is 0.537. The van der Waals surface area contributed by atoms with Crippen molar-refractivity contribution in [3.05, 3.63) is 66.1 Å². The first-order valence-electron chi connectivity index (χ1n) is 7.94. The molecule has 9 heteroatoms. The minimum atomic E-state index is -0.677. The molecule has 4 aromatic rings. The molecule has 0 radical (unpaired) electrons. The van der Waals surface area contributed by atoms with Crippen molar-refractivity contribution in [3.8, 4) is 28.8 Å². The monoisotopic (exact) mass is 369 g/mol. The smallest absolute Gasteiger partial charge is 0.253 e. The van der Waals surface area contributed by atoms with Crippen LogP contribution in [0.4, 0.5) is 8.78 Å². The van der Waals surface area contributed by atoms with Crippen molar-refractivity contribution in [2.24, 2.45) is 0 Å². The van der Waals surface area contributed by atoms with Gasteiger partial charge >= 0.3 is 0 Å². The topological polar surface area (TPSA) is 78.9 Å². The van der Waals surface area contributed by atoms with Gasteiger partial charge in [0.2, 0.25) is 5.82 Å². The van der Waals surface area contributed by atoms with E-state index in [0.717, 1.165) is 6.20 Å². The number of hydrogen-bond donors (Lipinski definition) is 0. The van der Waals surface area contributed by atoms with Gasteiger partial charge in [-0.05, 0) is 12.1 Å². The van der Waals surface area contributed by atoms with Crippen LogP contribution in [0.5, 0.6) is 5.88 Å². The maximum absolute atomic E-state index is 14.1. The SMILES string of the molecule is COc1nc(-c2cc(-c3ccon3)n(Cc3ccccc3F)n2)ncc1F. The van der Waals surface area contributed by atoms with E-state index in [4.69, 9.17) is 9.26 Å². The fourth-order valence-corrected chi connectivity index (χ4v) is 2.60. The van der Waals surface area contributed by atoms with Crippen molar-refractivity contribution in [2.75, 3.05) is 7.11 Å². The molecule has 0 aliphatic heterocycles. The summed E-state index contributed by atoms with van der Waals surface area (Å²) in [6.45, 7) is 0.160. The molecule has 4 rings (SSSR count). The summed E-state index contributed by atoms with van der Waals surface area (Å²) in [6, 6.07) is 9.73. The zero-order valence-electron chi connectivity index (χ0n) is 14.1. The summed E-state index contributed by atoms with van der Waals surface area (Å²) in [5.74, 6) is -1.04. The van der Waals surface area contributed by atoms with E-state index < -0.39 is 5.82 Å². The molecule has 136 valence electrons. The molecule has 0 atom stereocenters. The van der Waals surface area contributed by atoms with Crippen molar-refractivity contribution in [3.63, 3.8) is 0 Å². The van der Waals surface area contributed by atoms with Crippen LogP contribution in [0, 0.1) is 11.6 Å². The zero-order chi connectivity index (χ0) is 18.8. The number of methoxy groups -OCH3 is 1. The molecule has 27 heavy (non-hydrogen) atoms. The van der Waals surface area contributed by atoms with E-state index in [2.05, 4.69) is 20.2 Å². The van der Waals surface area contributed by atoms with Crippen LogP contribution in [0.2, 0.25) is 0 Å². The van der Waals surface area contributed by atoms with E-state index in [1.807, 2.05) is 0 Å². The van der Waals surface area contributed by atoms with E-state index in [1.165, 1.54) is 19.4 Å². The summed E-state index contributed by atoms with van der Waals surface area (Å²) in [6.07, 6.45) is 2.43. The summed E-state index contributed by atoms with van der Waals surface area (Å²) < 4.78 is 39.0. The van der Waals surface area contributed by atoms with E-state index in [-0.39, 0.29) is 24.1 Å². The number of hydrogen-bond acceptors (Lipinski definition) is 6. The van der Waals surface area contributed by atoms with Crippen LogP contribution in [0.15, 0.2) is 53.4 Å². The molecular formula is C18H13F2N5O2. The van der Waals surface area contributed by atoms with Crippen LogP contribution in [-0.4, -0.2) is 32.0 Å². The van der Waals surface area contributed by atoms with Crippen LogP contribution in [0.3, 0.4) is 0 Å².